The van der Waals surface area contributed by atoms with Crippen LogP contribution in [0.25, 0.3) is 0 Å². The number of nitrogens with zero attached hydrogens (tertiary/aromatic N) is 3. The minimum atomic E-state index is -1.25. The van der Waals surface area contributed by atoms with Gasteiger partial charge in [-0.3, -0.25) is 4.90 Å². The summed E-state index contributed by atoms with van der Waals surface area (Å²) in [6.07, 6.45) is 0.743. The Kier molecular flexibility index (Phi) is 7.87. The number of hydrogen-bond donors (Lipinski definition) is 1. The van der Waals surface area contributed by atoms with E-state index in [2.05, 4.69) is 34.1 Å². The summed E-state index contributed by atoms with van der Waals surface area (Å²) in [7, 11) is 0. The maximum atomic E-state index is 11.9. The van der Waals surface area contributed by atoms with Crippen LogP contribution in [0.5, 0.6) is 0 Å². The Morgan fingerprint density at radius 3 is 2.47 bits per heavy atom. The molecule has 1 fully saturated rings. The quantitative estimate of drug-likeness (QED) is 0.366. The van der Waals surface area contributed by atoms with E-state index in [0.717, 1.165) is 54.2 Å². The second-order valence-electron chi connectivity index (χ2n) is 7.75. The summed E-state index contributed by atoms with van der Waals surface area (Å²) in [5.74, 6) is -1.31. The second kappa shape index (κ2) is 11.2. The van der Waals surface area contributed by atoms with Gasteiger partial charge in [-0.15, -0.1) is 0 Å². The van der Waals surface area contributed by atoms with Crippen molar-refractivity contribution in [3.8, 4) is 0 Å². The molecule has 2 aliphatic heterocycles. The van der Waals surface area contributed by atoms with Gasteiger partial charge in [0.25, 0.3) is 0 Å². The molecule has 34 heavy (non-hydrogen) atoms. The normalized spacial score (nSPS) is 16.1. The summed E-state index contributed by atoms with van der Waals surface area (Å²) >= 11 is 1.74. The van der Waals surface area contributed by atoms with Gasteiger partial charge in [0.1, 0.15) is 12.4 Å². The molecule has 1 N–H and O–H groups in total. The SMILES string of the molecule is CCOC(=O)/C(=C/C(=O)O)OCCN1CCN(C2=Nc3ccccc3Sc3ccccc32)CC1. The van der Waals surface area contributed by atoms with Crippen LogP contribution in [0.2, 0.25) is 0 Å². The maximum absolute atomic E-state index is 11.9. The van der Waals surface area contributed by atoms with Gasteiger partial charge in [-0.1, -0.05) is 42.1 Å². The van der Waals surface area contributed by atoms with Crippen LogP contribution in [0, 0.1) is 0 Å². The summed E-state index contributed by atoms with van der Waals surface area (Å²) in [5, 5.41) is 8.96. The first-order valence-corrected chi connectivity index (χ1v) is 12.0. The fourth-order valence-electron chi connectivity index (χ4n) is 3.85. The summed E-state index contributed by atoms with van der Waals surface area (Å²) in [4.78, 5) is 34.8. The molecule has 0 bridgehead atoms. The van der Waals surface area contributed by atoms with Crippen molar-refractivity contribution >= 4 is 35.2 Å². The van der Waals surface area contributed by atoms with Crippen LogP contribution < -0.4 is 0 Å². The molecule has 2 aromatic carbocycles. The highest BCUT2D eigenvalue weighted by molar-refractivity contribution is 7.99. The standard InChI is InChI=1S/C25H27N3O5S/c1-2-32-25(31)20(17-23(29)30)33-16-15-27-11-13-28(14-12-27)24-18-7-3-5-9-21(18)34-22-10-6-4-8-19(22)26-24/h3-10,17H,2,11-16H2,1H3,(H,29,30)/b20-17-. The Bertz CT molecular complexity index is 1110. The maximum Gasteiger partial charge on any atom is 0.373 e. The molecule has 1 saturated heterocycles. The molecule has 2 heterocycles. The van der Waals surface area contributed by atoms with Crippen LogP contribution >= 0.6 is 11.8 Å². The fraction of sp³-hybridized carbons (Fsp3) is 0.320. The largest absolute Gasteiger partial charge is 0.485 e. The van der Waals surface area contributed by atoms with E-state index in [1.165, 1.54) is 4.90 Å². The van der Waals surface area contributed by atoms with Crippen molar-refractivity contribution < 1.29 is 24.2 Å². The van der Waals surface area contributed by atoms with E-state index in [-0.39, 0.29) is 19.0 Å². The Balaban J connectivity index is 1.39. The van der Waals surface area contributed by atoms with Gasteiger partial charge in [-0.05, 0) is 25.1 Å². The van der Waals surface area contributed by atoms with E-state index in [9.17, 15) is 9.59 Å². The van der Waals surface area contributed by atoms with Crippen molar-refractivity contribution in [3.05, 3.63) is 65.9 Å². The zero-order valence-electron chi connectivity index (χ0n) is 19.0. The first-order valence-electron chi connectivity index (χ1n) is 11.2. The van der Waals surface area contributed by atoms with Crippen molar-refractivity contribution in [2.75, 3.05) is 45.9 Å². The topological polar surface area (TPSA) is 91.7 Å². The van der Waals surface area contributed by atoms with Gasteiger partial charge in [0.05, 0.1) is 18.4 Å². The predicted octanol–water partition coefficient (Wildman–Crippen LogP) is 3.40. The third-order valence-corrected chi connectivity index (χ3v) is 6.65. The van der Waals surface area contributed by atoms with E-state index in [1.807, 2.05) is 24.3 Å². The van der Waals surface area contributed by atoms with Crippen molar-refractivity contribution in [2.24, 2.45) is 4.99 Å². The average Bonchev–Trinajstić information content (AvgIpc) is 3.00. The van der Waals surface area contributed by atoms with E-state index < -0.39 is 11.9 Å². The Hall–Kier alpha value is -3.30. The first-order chi connectivity index (χ1) is 16.5. The van der Waals surface area contributed by atoms with Crippen molar-refractivity contribution in [1.82, 2.24) is 9.80 Å². The molecule has 8 nitrogen and oxygen atoms in total. The molecule has 0 aliphatic carbocycles. The number of benzene rings is 2. The molecule has 0 amide bonds. The van der Waals surface area contributed by atoms with E-state index in [4.69, 9.17) is 19.6 Å². The Morgan fingerprint density at radius 1 is 1.03 bits per heavy atom. The molecule has 2 aliphatic rings. The molecule has 0 saturated carbocycles. The van der Waals surface area contributed by atoms with Crippen LogP contribution in [-0.2, 0) is 19.1 Å². The van der Waals surface area contributed by atoms with Crippen molar-refractivity contribution in [2.45, 2.75) is 16.7 Å². The third-order valence-electron chi connectivity index (χ3n) is 5.51. The number of piperazine rings is 1. The lowest BCUT2D eigenvalue weighted by molar-refractivity contribution is -0.143. The number of amidine groups is 1. The van der Waals surface area contributed by atoms with Gasteiger partial charge in [0, 0.05) is 48.1 Å². The molecule has 178 valence electrons. The van der Waals surface area contributed by atoms with Gasteiger partial charge in [-0.25, -0.2) is 14.6 Å². The van der Waals surface area contributed by atoms with Gasteiger partial charge >= 0.3 is 11.9 Å². The number of esters is 1. The molecule has 9 heteroatoms. The van der Waals surface area contributed by atoms with Gasteiger partial charge in [0.15, 0.2) is 0 Å². The van der Waals surface area contributed by atoms with Crippen LogP contribution in [0.4, 0.5) is 5.69 Å². The molecule has 4 rings (SSSR count). The number of para-hydroxylation sites is 1. The minimum absolute atomic E-state index is 0.150. The number of aliphatic imine (C=N–C) groups is 1. The lowest BCUT2D eigenvalue weighted by Crippen LogP contribution is -2.49. The third kappa shape index (κ3) is 5.78. The number of rotatable bonds is 7. The number of fused-ring (bicyclic) bond motifs is 2. The molecular formula is C25H27N3O5S. The highest BCUT2D eigenvalue weighted by atomic mass is 32.2. The van der Waals surface area contributed by atoms with E-state index in [0.29, 0.717) is 6.54 Å². The molecule has 0 atom stereocenters. The van der Waals surface area contributed by atoms with Crippen LogP contribution in [0.3, 0.4) is 0 Å². The average molecular weight is 482 g/mol. The molecule has 0 unspecified atom stereocenters. The van der Waals surface area contributed by atoms with Gasteiger partial charge in [-0.2, -0.15) is 0 Å². The minimum Gasteiger partial charge on any atom is -0.485 e. The number of carboxylic acid groups (broad SMARTS) is 1. The van der Waals surface area contributed by atoms with E-state index in [1.54, 1.807) is 18.7 Å². The van der Waals surface area contributed by atoms with Gasteiger partial charge in [0.2, 0.25) is 5.76 Å². The number of hydrogen-bond acceptors (Lipinski definition) is 8. The number of ether oxygens (including phenoxy) is 2. The number of carbonyl (C=O) groups is 2. The van der Waals surface area contributed by atoms with Crippen molar-refractivity contribution in [1.29, 1.82) is 0 Å². The Morgan fingerprint density at radius 2 is 1.74 bits per heavy atom. The second-order valence-corrected chi connectivity index (χ2v) is 8.83. The summed E-state index contributed by atoms with van der Waals surface area (Å²) in [6.45, 7) is 5.79. The lowest BCUT2D eigenvalue weighted by atomic mass is 10.1. The zero-order chi connectivity index (χ0) is 23.9. The zero-order valence-corrected chi connectivity index (χ0v) is 19.8. The van der Waals surface area contributed by atoms with Crippen molar-refractivity contribution in [3.63, 3.8) is 0 Å². The highest BCUT2D eigenvalue weighted by Gasteiger charge is 2.25. The van der Waals surface area contributed by atoms with Gasteiger partial charge < -0.3 is 19.5 Å². The predicted molar refractivity (Wildman–Crippen MR) is 130 cm³/mol. The summed E-state index contributed by atoms with van der Waals surface area (Å²) in [6, 6.07) is 16.6. The first kappa shape index (κ1) is 23.8. The number of aliphatic carboxylic acids is 1. The van der Waals surface area contributed by atoms with Crippen LogP contribution in [0.15, 0.2) is 75.1 Å². The fourth-order valence-corrected chi connectivity index (χ4v) is 4.87. The number of carboxylic acids is 1. The summed E-state index contributed by atoms with van der Waals surface area (Å²) in [5.41, 5.74) is 2.12. The van der Waals surface area contributed by atoms with Crippen LogP contribution in [0.1, 0.15) is 12.5 Å². The highest BCUT2D eigenvalue weighted by Crippen LogP contribution is 2.40. The molecule has 0 spiro atoms. The molecule has 0 radical (unpaired) electrons. The molecule has 2 aromatic rings. The smallest absolute Gasteiger partial charge is 0.373 e. The molecular weight excluding hydrogens is 454 g/mol. The number of carbonyl (C=O) groups excluding carboxylic acids is 1. The Labute approximate surface area is 202 Å². The van der Waals surface area contributed by atoms with Crippen LogP contribution in [-0.4, -0.2) is 78.6 Å². The monoisotopic (exact) mass is 481 g/mol. The lowest BCUT2D eigenvalue weighted by Gasteiger charge is -2.36. The molecule has 0 aromatic heterocycles. The summed E-state index contributed by atoms with van der Waals surface area (Å²) < 4.78 is 10.3. The van der Waals surface area contributed by atoms with E-state index >= 15 is 0 Å².